The van der Waals surface area contributed by atoms with Gasteiger partial charge >= 0.3 is 0 Å². The number of nitrogens with zero attached hydrogens (tertiary/aromatic N) is 2. The molecule has 0 aliphatic carbocycles. The Morgan fingerprint density at radius 3 is 2.76 bits per heavy atom. The van der Waals surface area contributed by atoms with E-state index in [1.165, 1.54) is 0 Å². The maximum atomic E-state index is 12.4. The number of amides is 2. The summed E-state index contributed by atoms with van der Waals surface area (Å²) in [5.41, 5.74) is -0.420. The van der Waals surface area contributed by atoms with Crippen LogP contribution >= 0.6 is 0 Å². The Bertz CT molecular complexity index is 341. The molecule has 2 fully saturated rings. The van der Waals surface area contributed by atoms with E-state index < -0.39 is 5.54 Å². The first kappa shape index (κ1) is 12.4. The number of fused-ring (bicyclic) bond motifs is 1. The molecule has 2 rings (SSSR count). The molecule has 2 amide bonds. The number of hydrogen-bond donors (Lipinski definition) is 0. The molecule has 5 heteroatoms. The van der Waals surface area contributed by atoms with Crippen molar-refractivity contribution in [1.82, 2.24) is 9.80 Å². The van der Waals surface area contributed by atoms with Crippen molar-refractivity contribution in [3.8, 4) is 0 Å². The van der Waals surface area contributed by atoms with Crippen LogP contribution in [0.3, 0.4) is 0 Å². The fourth-order valence-electron chi connectivity index (χ4n) is 2.75. The highest BCUT2D eigenvalue weighted by atomic mass is 16.5. The molecule has 0 spiro atoms. The van der Waals surface area contributed by atoms with Crippen molar-refractivity contribution in [2.45, 2.75) is 38.3 Å². The molecule has 2 aliphatic rings. The summed E-state index contributed by atoms with van der Waals surface area (Å²) in [4.78, 5) is 27.7. The van der Waals surface area contributed by atoms with E-state index in [9.17, 15) is 9.59 Å². The molecule has 0 N–H and O–H groups in total. The van der Waals surface area contributed by atoms with Crippen molar-refractivity contribution < 1.29 is 14.3 Å². The zero-order valence-corrected chi connectivity index (χ0v) is 10.7. The van der Waals surface area contributed by atoms with Crippen LogP contribution < -0.4 is 0 Å². The molecule has 0 aromatic heterocycles. The Hall–Kier alpha value is -1.10. The SMILES string of the molecule is COCC(C)(C)N1CC(=O)N2CCCC2C1=O. The smallest absolute Gasteiger partial charge is 0.246 e. The minimum atomic E-state index is -0.420. The molecular formula is C12H20N2O3. The second kappa shape index (κ2) is 4.29. The van der Waals surface area contributed by atoms with Gasteiger partial charge in [0, 0.05) is 13.7 Å². The van der Waals surface area contributed by atoms with Gasteiger partial charge in [-0.2, -0.15) is 0 Å². The summed E-state index contributed by atoms with van der Waals surface area (Å²) in [6, 6.07) is -0.229. The maximum Gasteiger partial charge on any atom is 0.246 e. The van der Waals surface area contributed by atoms with Crippen molar-refractivity contribution in [3.05, 3.63) is 0 Å². The van der Waals surface area contributed by atoms with Crippen LogP contribution in [0.4, 0.5) is 0 Å². The van der Waals surface area contributed by atoms with Gasteiger partial charge in [-0.3, -0.25) is 9.59 Å². The van der Waals surface area contributed by atoms with E-state index in [4.69, 9.17) is 4.74 Å². The summed E-state index contributed by atoms with van der Waals surface area (Å²) in [6.07, 6.45) is 1.73. The Morgan fingerprint density at radius 1 is 1.41 bits per heavy atom. The summed E-state index contributed by atoms with van der Waals surface area (Å²) in [5, 5.41) is 0. The molecule has 5 nitrogen and oxygen atoms in total. The third-order valence-electron chi connectivity index (χ3n) is 3.65. The van der Waals surface area contributed by atoms with Crippen molar-refractivity contribution >= 4 is 11.8 Å². The standard InChI is InChI=1S/C12H20N2O3/c1-12(2,8-17-3)14-7-10(15)13-6-4-5-9(13)11(14)16/h9H,4-8H2,1-3H3. The van der Waals surface area contributed by atoms with Gasteiger partial charge in [0.1, 0.15) is 12.6 Å². The molecular weight excluding hydrogens is 220 g/mol. The molecule has 2 heterocycles. The zero-order chi connectivity index (χ0) is 12.6. The highest BCUT2D eigenvalue weighted by Crippen LogP contribution is 2.28. The number of hydrogen-bond acceptors (Lipinski definition) is 3. The van der Waals surface area contributed by atoms with Gasteiger partial charge in [0.15, 0.2) is 0 Å². The predicted octanol–water partition coefficient (Wildman–Crippen LogP) is 0.245. The van der Waals surface area contributed by atoms with Gasteiger partial charge in [0.05, 0.1) is 12.1 Å². The summed E-state index contributed by atoms with van der Waals surface area (Å²) in [6.45, 7) is 5.23. The minimum Gasteiger partial charge on any atom is -0.382 e. The number of carbonyl (C=O) groups is 2. The summed E-state index contributed by atoms with van der Waals surface area (Å²) >= 11 is 0. The first-order chi connectivity index (χ1) is 7.97. The first-order valence-corrected chi connectivity index (χ1v) is 6.07. The van der Waals surface area contributed by atoms with E-state index in [-0.39, 0.29) is 24.4 Å². The zero-order valence-electron chi connectivity index (χ0n) is 10.7. The van der Waals surface area contributed by atoms with Crippen LogP contribution in [0, 0.1) is 0 Å². The van der Waals surface area contributed by atoms with Gasteiger partial charge in [-0.05, 0) is 26.7 Å². The molecule has 2 saturated heterocycles. The van der Waals surface area contributed by atoms with Crippen LogP contribution in [-0.4, -0.2) is 60.0 Å². The molecule has 0 aromatic rings. The van der Waals surface area contributed by atoms with Gasteiger partial charge in [-0.25, -0.2) is 0 Å². The largest absolute Gasteiger partial charge is 0.382 e. The van der Waals surface area contributed by atoms with Crippen LogP contribution in [0.2, 0.25) is 0 Å². The number of rotatable bonds is 3. The average Bonchev–Trinajstić information content (AvgIpc) is 2.72. The maximum absolute atomic E-state index is 12.4. The Balaban J connectivity index is 2.19. The van der Waals surface area contributed by atoms with E-state index in [2.05, 4.69) is 0 Å². The van der Waals surface area contributed by atoms with Crippen LogP contribution in [0.1, 0.15) is 26.7 Å². The van der Waals surface area contributed by atoms with Crippen molar-refractivity contribution in [2.75, 3.05) is 26.8 Å². The number of ether oxygens (including phenoxy) is 1. The van der Waals surface area contributed by atoms with Crippen LogP contribution in [0.15, 0.2) is 0 Å². The van der Waals surface area contributed by atoms with E-state index in [0.29, 0.717) is 6.61 Å². The van der Waals surface area contributed by atoms with Crippen LogP contribution in [0.5, 0.6) is 0 Å². The lowest BCUT2D eigenvalue weighted by Crippen LogP contribution is -2.64. The number of carbonyl (C=O) groups excluding carboxylic acids is 2. The Kier molecular flexibility index (Phi) is 3.12. The van der Waals surface area contributed by atoms with Gasteiger partial charge in [-0.15, -0.1) is 0 Å². The van der Waals surface area contributed by atoms with Crippen LogP contribution in [0.25, 0.3) is 0 Å². The third-order valence-corrected chi connectivity index (χ3v) is 3.65. The van der Waals surface area contributed by atoms with Gasteiger partial charge in [0.25, 0.3) is 0 Å². The molecule has 0 aromatic carbocycles. The molecule has 96 valence electrons. The first-order valence-electron chi connectivity index (χ1n) is 6.07. The van der Waals surface area contributed by atoms with E-state index in [1.807, 2.05) is 13.8 Å². The average molecular weight is 240 g/mol. The monoisotopic (exact) mass is 240 g/mol. The molecule has 1 atom stereocenters. The normalized spacial score (nSPS) is 25.5. The van der Waals surface area contributed by atoms with Gasteiger partial charge in [-0.1, -0.05) is 0 Å². The van der Waals surface area contributed by atoms with Crippen LogP contribution in [-0.2, 0) is 14.3 Å². The Morgan fingerprint density at radius 2 is 2.12 bits per heavy atom. The van der Waals surface area contributed by atoms with Crippen molar-refractivity contribution in [2.24, 2.45) is 0 Å². The fraction of sp³-hybridized carbons (Fsp3) is 0.833. The fourth-order valence-corrected chi connectivity index (χ4v) is 2.75. The lowest BCUT2D eigenvalue weighted by atomic mass is 9.99. The van der Waals surface area contributed by atoms with Gasteiger partial charge in [0.2, 0.25) is 11.8 Å². The molecule has 17 heavy (non-hydrogen) atoms. The summed E-state index contributed by atoms with van der Waals surface area (Å²) in [7, 11) is 1.61. The molecule has 0 saturated carbocycles. The topological polar surface area (TPSA) is 49.9 Å². The lowest BCUT2D eigenvalue weighted by molar-refractivity contribution is -0.160. The van der Waals surface area contributed by atoms with E-state index in [0.717, 1.165) is 19.4 Å². The molecule has 2 aliphatic heterocycles. The molecule has 0 radical (unpaired) electrons. The highest BCUT2D eigenvalue weighted by Gasteiger charge is 2.46. The highest BCUT2D eigenvalue weighted by molar-refractivity contribution is 5.95. The summed E-state index contributed by atoms with van der Waals surface area (Å²) in [5.74, 6) is 0.139. The molecule has 0 bridgehead atoms. The second-order valence-corrected chi connectivity index (χ2v) is 5.41. The number of methoxy groups -OCH3 is 1. The van der Waals surface area contributed by atoms with E-state index in [1.54, 1.807) is 16.9 Å². The van der Waals surface area contributed by atoms with Crippen molar-refractivity contribution in [1.29, 1.82) is 0 Å². The van der Waals surface area contributed by atoms with Crippen molar-refractivity contribution in [3.63, 3.8) is 0 Å². The second-order valence-electron chi connectivity index (χ2n) is 5.41. The quantitative estimate of drug-likeness (QED) is 0.710. The Labute approximate surface area is 102 Å². The van der Waals surface area contributed by atoms with Gasteiger partial charge < -0.3 is 14.5 Å². The predicted molar refractivity (Wildman–Crippen MR) is 62.4 cm³/mol. The van der Waals surface area contributed by atoms with E-state index >= 15 is 0 Å². The summed E-state index contributed by atoms with van der Waals surface area (Å²) < 4.78 is 5.14. The number of piperazine rings is 1. The molecule has 1 unspecified atom stereocenters. The minimum absolute atomic E-state index is 0.0660. The lowest BCUT2D eigenvalue weighted by Gasteiger charge is -2.44. The third kappa shape index (κ3) is 2.04.